The molecule has 0 radical (unpaired) electrons. The Labute approximate surface area is 156 Å². The summed E-state index contributed by atoms with van der Waals surface area (Å²) in [5, 5.41) is 17.1. The Hall–Kier alpha value is -1.97. The van der Waals surface area contributed by atoms with Crippen LogP contribution < -0.4 is 0 Å². The molecule has 9 heteroatoms. The van der Waals surface area contributed by atoms with E-state index in [2.05, 4.69) is 15.3 Å². The Morgan fingerprint density at radius 3 is 3.00 bits per heavy atom. The zero-order valence-corrected chi connectivity index (χ0v) is 15.7. The minimum atomic E-state index is -0.198. The highest BCUT2D eigenvalue weighted by atomic mass is 32.2. The van der Waals surface area contributed by atoms with Crippen LogP contribution in [0.4, 0.5) is 0 Å². The smallest absolute Gasteiger partial charge is 0.253 e. The quantitative estimate of drug-likeness (QED) is 0.617. The first-order valence-electron chi connectivity index (χ1n) is 7.60. The highest BCUT2D eigenvalue weighted by molar-refractivity contribution is 8.01. The number of hydrazone groups is 1. The van der Waals surface area contributed by atoms with E-state index in [0.29, 0.717) is 6.42 Å². The van der Waals surface area contributed by atoms with Crippen LogP contribution >= 0.6 is 34.4 Å². The predicted octanol–water partition coefficient (Wildman–Crippen LogP) is 3.97. The van der Waals surface area contributed by atoms with Crippen molar-refractivity contribution in [3.63, 3.8) is 0 Å². The molecule has 0 saturated heterocycles. The standard InChI is InChI=1S/C16H14N4O2S3/c1-10-17-18-16(25-10)24-9-15(21)20-12(13-4-2-6-22-13)8-11(19-20)14-5-3-7-23-14/h2-7,12H,8-9H2,1H3. The average molecular weight is 391 g/mol. The molecule has 0 bridgehead atoms. The third kappa shape index (κ3) is 3.53. The van der Waals surface area contributed by atoms with Gasteiger partial charge in [-0.1, -0.05) is 29.2 Å². The van der Waals surface area contributed by atoms with Gasteiger partial charge in [-0.05, 0) is 30.5 Å². The lowest BCUT2D eigenvalue weighted by Crippen LogP contribution is -2.28. The number of furan rings is 1. The molecule has 3 aromatic rings. The van der Waals surface area contributed by atoms with Crippen molar-refractivity contribution >= 4 is 46.1 Å². The molecule has 0 fully saturated rings. The number of carbonyl (C=O) groups is 1. The average Bonchev–Trinajstić information content (AvgIpc) is 3.38. The van der Waals surface area contributed by atoms with Gasteiger partial charge in [-0.15, -0.1) is 21.5 Å². The lowest BCUT2D eigenvalue weighted by atomic mass is 10.1. The van der Waals surface area contributed by atoms with Gasteiger partial charge in [0.15, 0.2) is 4.34 Å². The van der Waals surface area contributed by atoms with Gasteiger partial charge in [-0.3, -0.25) is 4.79 Å². The van der Waals surface area contributed by atoms with Gasteiger partial charge in [-0.2, -0.15) is 5.10 Å². The molecule has 4 heterocycles. The molecule has 4 rings (SSSR count). The highest BCUT2D eigenvalue weighted by Crippen LogP contribution is 2.35. The minimum Gasteiger partial charge on any atom is -0.467 e. The molecule has 1 aliphatic rings. The van der Waals surface area contributed by atoms with E-state index in [0.717, 1.165) is 25.7 Å². The molecule has 25 heavy (non-hydrogen) atoms. The van der Waals surface area contributed by atoms with E-state index in [1.54, 1.807) is 22.6 Å². The van der Waals surface area contributed by atoms with Crippen LogP contribution in [0.25, 0.3) is 0 Å². The molecular weight excluding hydrogens is 376 g/mol. The summed E-state index contributed by atoms with van der Waals surface area (Å²) in [6.45, 7) is 1.90. The molecule has 1 amide bonds. The normalized spacial score (nSPS) is 17.1. The van der Waals surface area contributed by atoms with Gasteiger partial charge in [0.2, 0.25) is 0 Å². The Balaban J connectivity index is 1.53. The fourth-order valence-electron chi connectivity index (χ4n) is 2.56. The molecule has 0 aliphatic carbocycles. The van der Waals surface area contributed by atoms with Crippen LogP contribution in [0.5, 0.6) is 0 Å². The summed E-state index contributed by atoms with van der Waals surface area (Å²) in [4.78, 5) is 13.8. The van der Waals surface area contributed by atoms with E-state index in [4.69, 9.17) is 4.42 Å². The largest absolute Gasteiger partial charge is 0.467 e. The van der Waals surface area contributed by atoms with Crippen molar-refractivity contribution in [3.05, 3.63) is 51.6 Å². The lowest BCUT2D eigenvalue weighted by Gasteiger charge is -2.19. The van der Waals surface area contributed by atoms with Gasteiger partial charge >= 0.3 is 0 Å². The van der Waals surface area contributed by atoms with Crippen LogP contribution in [0.1, 0.15) is 28.1 Å². The molecule has 0 N–H and O–H groups in total. The molecule has 1 aliphatic heterocycles. The maximum Gasteiger partial charge on any atom is 0.253 e. The molecule has 6 nitrogen and oxygen atoms in total. The third-order valence-electron chi connectivity index (χ3n) is 3.67. The fraction of sp³-hybridized carbons (Fsp3) is 0.250. The Kier molecular flexibility index (Phi) is 4.69. The van der Waals surface area contributed by atoms with Crippen LogP contribution in [0.2, 0.25) is 0 Å². The van der Waals surface area contributed by atoms with Crippen molar-refractivity contribution in [3.8, 4) is 0 Å². The first-order valence-corrected chi connectivity index (χ1v) is 10.3. The number of hydrogen-bond acceptors (Lipinski definition) is 8. The zero-order valence-electron chi connectivity index (χ0n) is 13.3. The number of nitrogens with zero attached hydrogens (tertiary/aromatic N) is 4. The molecule has 0 spiro atoms. The number of aromatic nitrogens is 2. The maximum atomic E-state index is 12.8. The van der Waals surface area contributed by atoms with Gasteiger partial charge in [-0.25, -0.2) is 5.01 Å². The molecule has 1 unspecified atom stereocenters. The Morgan fingerprint density at radius 1 is 1.40 bits per heavy atom. The molecular formula is C16H14N4O2S3. The topological polar surface area (TPSA) is 71.6 Å². The molecule has 3 aromatic heterocycles. The summed E-state index contributed by atoms with van der Waals surface area (Å²) in [5.74, 6) is 0.957. The first-order chi connectivity index (χ1) is 12.2. The minimum absolute atomic E-state index is 0.0641. The van der Waals surface area contributed by atoms with Gasteiger partial charge in [0.05, 0.1) is 22.6 Å². The second kappa shape index (κ2) is 7.11. The van der Waals surface area contributed by atoms with E-state index in [9.17, 15) is 4.79 Å². The van der Waals surface area contributed by atoms with E-state index in [-0.39, 0.29) is 17.7 Å². The van der Waals surface area contributed by atoms with Crippen molar-refractivity contribution < 1.29 is 9.21 Å². The van der Waals surface area contributed by atoms with Crippen molar-refractivity contribution in [2.45, 2.75) is 23.7 Å². The molecule has 0 aromatic carbocycles. The van der Waals surface area contributed by atoms with Crippen molar-refractivity contribution in [1.82, 2.24) is 15.2 Å². The number of rotatable bonds is 5. The zero-order chi connectivity index (χ0) is 17.2. The number of thiophene rings is 1. The van der Waals surface area contributed by atoms with Crippen LogP contribution in [0.15, 0.2) is 49.8 Å². The third-order valence-corrected chi connectivity index (χ3v) is 6.55. The van der Waals surface area contributed by atoms with Crippen molar-refractivity contribution in [2.24, 2.45) is 5.10 Å². The monoisotopic (exact) mass is 390 g/mol. The van der Waals surface area contributed by atoms with Crippen molar-refractivity contribution in [1.29, 1.82) is 0 Å². The summed E-state index contributed by atoms with van der Waals surface area (Å²) < 4.78 is 6.33. The summed E-state index contributed by atoms with van der Waals surface area (Å²) in [7, 11) is 0. The van der Waals surface area contributed by atoms with Gasteiger partial charge < -0.3 is 4.42 Å². The van der Waals surface area contributed by atoms with E-state index >= 15 is 0 Å². The van der Waals surface area contributed by atoms with Crippen LogP contribution in [-0.4, -0.2) is 32.6 Å². The summed E-state index contributed by atoms with van der Waals surface area (Å²) in [6, 6.07) is 7.54. The van der Waals surface area contributed by atoms with Gasteiger partial charge in [0.25, 0.3) is 5.91 Å². The number of hydrogen-bond donors (Lipinski definition) is 0. The summed E-state index contributed by atoms with van der Waals surface area (Å²) in [5.41, 5.74) is 0.918. The maximum absolute atomic E-state index is 12.8. The SMILES string of the molecule is Cc1nnc(SCC(=O)N2N=C(c3cccs3)CC2c2ccco2)s1. The van der Waals surface area contributed by atoms with E-state index < -0.39 is 0 Å². The van der Waals surface area contributed by atoms with Crippen LogP contribution in [0, 0.1) is 6.92 Å². The number of amides is 1. The Morgan fingerprint density at radius 2 is 2.32 bits per heavy atom. The number of carbonyl (C=O) groups excluding carboxylic acids is 1. The fourth-order valence-corrected chi connectivity index (χ4v) is 4.95. The predicted molar refractivity (Wildman–Crippen MR) is 99.1 cm³/mol. The second-order valence-electron chi connectivity index (χ2n) is 5.37. The molecule has 1 atom stereocenters. The number of thioether (sulfide) groups is 1. The van der Waals surface area contributed by atoms with Crippen molar-refractivity contribution in [2.75, 3.05) is 5.75 Å². The molecule has 0 saturated carbocycles. The van der Waals surface area contributed by atoms with Gasteiger partial charge in [0.1, 0.15) is 16.8 Å². The van der Waals surface area contributed by atoms with Crippen LogP contribution in [-0.2, 0) is 4.79 Å². The van der Waals surface area contributed by atoms with E-state index in [1.807, 2.05) is 36.6 Å². The van der Waals surface area contributed by atoms with Crippen LogP contribution in [0.3, 0.4) is 0 Å². The number of aryl methyl sites for hydroxylation is 1. The lowest BCUT2D eigenvalue weighted by molar-refractivity contribution is -0.130. The molecule has 128 valence electrons. The van der Waals surface area contributed by atoms with Gasteiger partial charge in [0, 0.05) is 6.42 Å². The highest BCUT2D eigenvalue weighted by Gasteiger charge is 2.35. The Bertz CT molecular complexity index is 887. The second-order valence-corrected chi connectivity index (χ2v) is 8.73. The first kappa shape index (κ1) is 16.5. The van der Waals surface area contributed by atoms with E-state index in [1.165, 1.54) is 23.1 Å². The summed E-state index contributed by atoms with van der Waals surface area (Å²) in [6.07, 6.45) is 2.28. The summed E-state index contributed by atoms with van der Waals surface area (Å²) >= 11 is 4.50.